The molecule has 1 heterocycles. The molecule has 0 saturated carbocycles. The maximum atomic E-state index is 13.3. The lowest BCUT2D eigenvalue weighted by Crippen LogP contribution is -2.14. The Morgan fingerprint density at radius 1 is 1.42 bits per heavy atom. The second-order valence-electron chi connectivity index (χ2n) is 4.67. The summed E-state index contributed by atoms with van der Waals surface area (Å²) in [5.74, 6) is 0.201. The first-order valence-electron chi connectivity index (χ1n) is 6.31. The Kier molecular flexibility index (Phi) is 3.95. The van der Waals surface area contributed by atoms with Crippen molar-refractivity contribution >= 4 is 0 Å². The smallest absolute Gasteiger partial charge is 0.232 e. The third-order valence-electron chi connectivity index (χ3n) is 3.22. The highest BCUT2D eigenvalue weighted by molar-refractivity contribution is 5.59. The molecule has 4 nitrogen and oxygen atoms in total. The summed E-state index contributed by atoms with van der Waals surface area (Å²) in [5.41, 5.74) is 1.48. The monoisotopic (exact) mass is 264 g/mol. The van der Waals surface area contributed by atoms with E-state index >= 15 is 0 Å². The Hall–Kier alpha value is -1.75. The molecule has 102 valence electrons. The number of halogens is 1. The molecule has 0 spiro atoms. The zero-order valence-electron chi connectivity index (χ0n) is 11.2. The number of aryl methyl sites for hydroxylation is 1. The van der Waals surface area contributed by atoms with Gasteiger partial charge in [-0.25, -0.2) is 4.39 Å². The summed E-state index contributed by atoms with van der Waals surface area (Å²) >= 11 is 0. The molecule has 0 aliphatic rings. The first kappa shape index (κ1) is 13.7. The van der Waals surface area contributed by atoms with E-state index in [4.69, 9.17) is 4.52 Å². The van der Waals surface area contributed by atoms with Crippen LogP contribution in [0.1, 0.15) is 37.6 Å². The molecule has 1 aromatic carbocycles. The molecule has 2 aromatic rings. The molecule has 0 aliphatic carbocycles. The molecule has 5 heteroatoms. The van der Waals surface area contributed by atoms with Gasteiger partial charge in [0.2, 0.25) is 11.7 Å². The number of hydrogen-bond acceptors (Lipinski definition) is 4. The molecule has 2 atom stereocenters. The SMILES string of the molecule is CCC(c1nc(-c2cc(F)ccc2C)no1)C(C)O. The number of aromatic nitrogens is 2. The molecular formula is C14H17FN2O2. The minimum Gasteiger partial charge on any atom is -0.393 e. The van der Waals surface area contributed by atoms with E-state index in [1.807, 2.05) is 13.8 Å². The van der Waals surface area contributed by atoms with E-state index in [9.17, 15) is 9.50 Å². The van der Waals surface area contributed by atoms with Crippen LogP contribution in [0, 0.1) is 12.7 Å². The summed E-state index contributed by atoms with van der Waals surface area (Å²) in [6, 6.07) is 4.45. The zero-order chi connectivity index (χ0) is 14.0. The van der Waals surface area contributed by atoms with Gasteiger partial charge in [-0.05, 0) is 38.0 Å². The molecule has 1 aromatic heterocycles. The number of rotatable bonds is 4. The van der Waals surface area contributed by atoms with Crippen molar-refractivity contribution in [2.45, 2.75) is 39.2 Å². The van der Waals surface area contributed by atoms with Crippen molar-refractivity contribution in [3.05, 3.63) is 35.5 Å². The molecule has 0 fully saturated rings. The summed E-state index contributed by atoms with van der Waals surface area (Å²) in [6.45, 7) is 5.48. The first-order chi connectivity index (χ1) is 9.02. The van der Waals surface area contributed by atoms with Gasteiger partial charge in [-0.2, -0.15) is 4.98 Å². The van der Waals surface area contributed by atoms with E-state index < -0.39 is 6.10 Å². The summed E-state index contributed by atoms with van der Waals surface area (Å²) in [6.07, 6.45) is 0.133. The normalized spacial score (nSPS) is 14.4. The lowest BCUT2D eigenvalue weighted by Gasteiger charge is -2.12. The number of benzene rings is 1. The first-order valence-corrected chi connectivity index (χ1v) is 6.31. The van der Waals surface area contributed by atoms with E-state index in [2.05, 4.69) is 10.1 Å². The van der Waals surface area contributed by atoms with Gasteiger partial charge in [-0.15, -0.1) is 0 Å². The molecule has 2 rings (SSSR count). The van der Waals surface area contributed by atoms with Crippen LogP contribution in [0.5, 0.6) is 0 Å². The molecule has 0 saturated heterocycles. The molecule has 1 N–H and O–H groups in total. The third-order valence-corrected chi connectivity index (χ3v) is 3.22. The van der Waals surface area contributed by atoms with Gasteiger partial charge < -0.3 is 9.63 Å². The van der Waals surface area contributed by atoms with Crippen LogP contribution in [-0.2, 0) is 0 Å². The molecule has 0 radical (unpaired) electrons. The summed E-state index contributed by atoms with van der Waals surface area (Å²) in [4.78, 5) is 4.27. The van der Waals surface area contributed by atoms with Crippen LogP contribution in [0.15, 0.2) is 22.7 Å². The van der Waals surface area contributed by atoms with Crippen LogP contribution < -0.4 is 0 Å². The second-order valence-corrected chi connectivity index (χ2v) is 4.67. The molecular weight excluding hydrogens is 247 g/mol. The standard InChI is InChI=1S/C14H17FN2O2/c1-4-11(9(3)18)14-16-13(17-19-14)12-7-10(15)6-5-8(12)2/h5-7,9,11,18H,4H2,1-3H3. The fraction of sp³-hybridized carbons (Fsp3) is 0.429. The van der Waals surface area contributed by atoms with Crippen molar-refractivity contribution in [3.8, 4) is 11.4 Å². The average Bonchev–Trinajstić information content (AvgIpc) is 2.82. The van der Waals surface area contributed by atoms with Gasteiger partial charge in [-0.3, -0.25) is 0 Å². The number of aliphatic hydroxyl groups excluding tert-OH is 1. The Bertz CT molecular complexity index is 566. The fourth-order valence-electron chi connectivity index (χ4n) is 2.05. The lowest BCUT2D eigenvalue weighted by atomic mass is 10.0. The fourth-order valence-corrected chi connectivity index (χ4v) is 2.05. The van der Waals surface area contributed by atoms with E-state index in [1.165, 1.54) is 12.1 Å². The zero-order valence-corrected chi connectivity index (χ0v) is 11.2. The Morgan fingerprint density at radius 2 is 2.16 bits per heavy atom. The molecule has 2 unspecified atom stereocenters. The molecule has 0 bridgehead atoms. The van der Waals surface area contributed by atoms with Crippen molar-refractivity contribution in [3.63, 3.8) is 0 Å². The van der Waals surface area contributed by atoms with Gasteiger partial charge in [0.1, 0.15) is 5.82 Å². The number of nitrogens with zero attached hydrogens (tertiary/aromatic N) is 2. The quantitative estimate of drug-likeness (QED) is 0.922. The second kappa shape index (κ2) is 5.48. The van der Waals surface area contributed by atoms with Gasteiger partial charge in [0.05, 0.1) is 12.0 Å². The van der Waals surface area contributed by atoms with Gasteiger partial charge >= 0.3 is 0 Å². The molecule has 0 amide bonds. The lowest BCUT2D eigenvalue weighted by molar-refractivity contribution is 0.141. The van der Waals surface area contributed by atoms with Crippen molar-refractivity contribution in [2.24, 2.45) is 0 Å². The summed E-state index contributed by atoms with van der Waals surface area (Å²) in [5, 5.41) is 13.5. The predicted molar refractivity (Wildman–Crippen MR) is 69.1 cm³/mol. The number of hydrogen-bond donors (Lipinski definition) is 1. The minimum absolute atomic E-state index is 0.199. The highest BCUT2D eigenvalue weighted by atomic mass is 19.1. The largest absolute Gasteiger partial charge is 0.393 e. The average molecular weight is 264 g/mol. The van der Waals surface area contributed by atoms with Crippen LogP contribution in [0.4, 0.5) is 4.39 Å². The van der Waals surface area contributed by atoms with Gasteiger partial charge in [0.25, 0.3) is 0 Å². The Morgan fingerprint density at radius 3 is 2.79 bits per heavy atom. The van der Waals surface area contributed by atoms with Crippen molar-refractivity contribution in [1.82, 2.24) is 10.1 Å². The van der Waals surface area contributed by atoms with E-state index in [0.29, 0.717) is 23.7 Å². The number of aliphatic hydroxyl groups is 1. The Balaban J connectivity index is 2.38. The third kappa shape index (κ3) is 2.81. The molecule has 0 aliphatic heterocycles. The maximum absolute atomic E-state index is 13.3. The maximum Gasteiger partial charge on any atom is 0.232 e. The van der Waals surface area contributed by atoms with Gasteiger partial charge in [-0.1, -0.05) is 18.1 Å². The summed E-state index contributed by atoms with van der Waals surface area (Å²) in [7, 11) is 0. The van der Waals surface area contributed by atoms with Gasteiger partial charge in [0.15, 0.2) is 0 Å². The van der Waals surface area contributed by atoms with Crippen molar-refractivity contribution < 1.29 is 14.0 Å². The highest BCUT2D eigenvalue weighted by Gasteiger charge is 2.22. The topological polar surface area (TPSA) is 59.2 Å². The van der Waals surface area contributed by atoms with Crippen molar-refractivity contribution in [1.29, 1.82) is 0 Å². The van der Waals surface area contributed by atoms with Crippen LogP contribution >= 0.6 is 0 Å². The van der Waals surface area contributed by atoms with Crippen LogP contribution in [0.3, 0.4) is 0 Å². The van der Waals surface area contributed by atoms with E-state index in [0.717, 1.165) is 5.56 Å². The molecule has 19 heavy (non-hydrogen) atoms. The summed E-state index contributed by atoms with van der Waals surface area (Å²) < 4.78 is 18.5. The van der Waals surface area contributed by atoms with Crippen LogP contribution in [-0.4, -0.2) is 21.4 Å². The van der Waals surface area contributed by atoms with E-state index in [1.54, 1.807) is 13.0 Å². The Labute approximate surface area is 111 Å². The van der Waals surface area contributed by atoms with Crippen LogP contribution in [0.2, 0.25) is 0 Å². The van der Waals surface area contributed by atoms with E-state index in [-0.39, 0.29) is 11.7 Å². The highest BCUT2D eigenvalue weighted by Crippen LogP contribution is 2.26. The van der Waals surface area contributed by atoms with Gasteiger partial charge in [0, 0.05) is 5.56 Å². The minimum atomic E-state index is -0.563. The predicted octanol–water partition coefficient (Wildman–Crippen LogP) is 3.06. The van der Waals surface area contributed by atoms with Crippen LogP contribution in [0.25, 0.3) is 11.4 Å². The van der Waals surface area contributed by atoms with Crippen molar-refractivity contribution in [2.75, 3.05) is 0 Å².